The number of rotatable bonds is 7. The van der Waals surface area contributed by atoms with Crippen LogP contribution in [0.1, 0.15) is 43.7 Å². The Kier molecular flexibility index (Phi) is 7.91. The monoisotopic (exact) mass is 438 g/mol. The highest BCUT2D eigenvalue weighted by molar-refractivity contribution is 5.79. The number of likely N-dealkylation sites (N-methyl/N-ethyl adjacent to an activating group) is 1. The number of nitrogens with one attached hydrogen (secondary N) is 1. The molecule has 0 saturated heterocycles. The van der Waals surface area contributed by atoms with E-state index in [2.05, 4.69) is 17.4 Å². The molecule has 2 aromatic carbocycles. The standard InChI is InChI=1S/C26H34N2O4/c1-19(29)27-18-26(21-9-5-4-6-10-21)14-12-23(24(30)13-15-26)28(2)25(31)17-20-8-7-11-22(16-20)32-3/h4-11,16,23-24,30H,12-15,17-18H2,1-3H3,(H,27,29)/t23-,24-,26-/m1/s1. The number of carbonyl (C=O) groups excluding carboxylic acids is 2. The Bertz CT molecular complexity index is 917. The SMILES string of the molecule is COc1cccc(CC(=O)N(C)[C@@H]2CC[C@@](CNC(C)=O)(c3ccccc3)CC[C@H]2O)c1. The normalized spacial score (nSPS) is 23.1. The summed E-state index contributed by atoms with van der Waals surface area (Å²) in [6.07, 6.45) is 2.39. The first-order valence-corrected chi connectivity index (χ1v) is 11.2. The maximum atomic E-state index is 13.0. The number of benzene rings is 2. The van der Waals surface area contributed by atoms with Crippen LogP contribution in [0.25, 0.3) is 0 Å². The number of hydrogen-bond donors (Lipinski definition) is 2. The summed E-state index contributed by atoms with van der Waals surface area (Å²) in [5, 5.41) is 14.0. The largest absolute Gasteiger partial charge is 0.497 e. The predicted octanol–water partition coefficient (Wildman–Crippen LogP) is 3.07. The molecule has 6 heteroatoms. The van der Waals surface area contributed by atoms with Crippen molar-refractivity contribution in [3.8, 4) is 5.75 Å². The highest BCUT2D eigenvalue weighted by Crippen LogP contribution is 2.39. The molecule has 3 atom stereocenters. The lowest BCUT2D eigenvalue weighted by atomic mass is 9.74. The lowest BCUT2D eigenvalue weighted by molar-refractivity contribution is -0.133. The molecular formula is C26H34N2O4. The third-order valence-electron chi connectivity index (χ3n) is 6.72. The van der Waals surface area contributed by atoms with Gasteiger partial charge in [-0.25, -0.2) is 0 Å². The molecule has 0 aromatic heterocycles. The van der Waals surface area contributed by atoms with E-state index in [0.29, 0.717) is 19.4 Å². The van der Waals surface area contributed by atoms with Crippen LogP contribution >= 0.6 is 0 Å². The zero-order valence-corrected chi connectivity index (χ0v) is 19.2. The van der Waals surface area contributed by atoms with Gasteiger partial charge in [-0.15, -0.1) is 0 Å². The molecular weight excluding hydrogens is 404 g/mol. The quantitative estimate of drug-likeness (QED) is 0.651. The van der Waals surface area contributed by atoms with Crippen LogP contribution in [0.15, 0.2) is 54.6 Å². The highest BCUT2D eigenvalue weighted by atomic mass is 16.5. The average Bonchev–Trinajstić information content (AvgIpc) is 2.97. The van der Waals surface area contributed by atoms with Crippen molar-refractivity contribution in [2.24, 2.45) is 0 Å². The molecule has 1 fully saturated rings. The van der Waals surface area contributed by atoms with Crippen molar-refractivity contribution >= 4 is 11.8 Å². The molecule has 0 spiro atoms. The third-order valence-corrected chi connectivity index (χ3v) is 6.72. The summed E-state index contributed by atoms with van der Waals surface area (Å²) < 4.78 is 5.26. The van der Waals surface area contributed by atoms with Gasteiger partial charge in [-0.1, -0.05) is 42.5 Å². The fourth-order valence-electron chi connectivity index (χ4n) is 4.73. The number of carbonyl (C=O) groups is 2. The molecule has 172 valence electrons. The molecule has 6 nitrogen and oxygen atoms in total. The lowest BCUT2D eigenvalue weighted by Crippen LogP contribution is -2.45. The minimum atomic E-state index is -0.614. The number of ether oxygens (including phenoxy) is 1. The molecule has 32 heavy (non-hydrogen) atoms. The van der Waals surface area contributed by atoms with E-state index in [-0.39, 0.29) is 29.7 Å². The van der Waals surface area contributed by atoms with Crippen LogP contribution in [-0.2, 0) is 21.4 Å². The Morgan fingerprint density at radius 3 is 2.53 bits per heavy atom. The van der Waals surface area contributed by atoms with E-state index in [0.717, 1.165) is 29.7 Å². The van der Waals surface area contributed by atoms with E-state index in [1.165, 1.54) is 6.92 Å². The van der Waals surface area contributed by atoms with Crippen molar-refractivity contribution in [1.82, 2.24) is 10.2 Å². The number of hydrogen-bond acceptors (Lipinski definition) is 4. The lowest BCUT2D eigenvalue weighted by Gasteiger charge is -2.34. The fraction of sp³-hybridized carbons (Fsp3) is 0.462. The first-order valence-electron chi connectivity index (χ1n) is 11.2. The summed E-state index contributed by atoms with van der Waals surface area (Å²) in [5.74, 6) is 0.627. The van der Waals surface area contributed by atoms with Crippen molar-refractivity contribution < 1.29 is 19.4 Å². The minimum Gasteiger partial charge on any atom is -0.497 e. The number of nitrogens with zero attached hydrogens (tertiary/aromatic N) is 1. The smallest absolute Gasteiger partial charge is 0.227 e. The van der Waals surface area contributed by atoms with Crippen LogP contribution in [0.4, 0.5) is 0 Å². The maximum Gasteiger partial charge on any atom is 0.227 e. The molecule has 1 aliphatic rings. The Morgan fingerprint density at radius 1 is 1.12 bits per heavy atom. The van der Waals surface area contributed by atoms with E-state index in [1.54, 1.807) is 19.1 Å². The molecule has 0 heterocycles. The molecule has 2 amide bonds. The van der Waals surface area contributed by atoms with Crippen LogP contribution in [0.3, 0.4) is 0 Å². The van der Waals surface area contributed by atoms with Crippen molar-refractivity contribution in [2.75, 3.05) is 20.7 Å². The molecule has 2 N–H and O–H groups in total. The average molecular weight is 439 g/mol. The Morgan fingerprint density at radius 2 is 1.84 bits per heavy atom. The van der Waals surface area contributed by atoms with E-state index < -0.39 is 6.10 Å². The summed E-state index contributed by atoms with van der Waals surface area (Å²) in [7, 11) is 3.38. The second-order valence-electron chi connectivity index (χ2n) is 8.80. The van der Waals surface area contributed by atoms with Crippen molar-refractivity contribution in [3.63, 3.8) is 0 Å². The van der Waals surface area contributed by atoms with E-state index in [1.807, 2.05) is 42.5 Å². The number of aliphatic hydroxyl groups is 1. The molecule has 3 rings (SSSR count). The van der Waals surface area contributed by atoms with Gasteiger partial charge in [-0.05, 0) is 48.9 Å². The molecule has 0 radical (unpaired) electrons. The van der Waals surface area contributed by atoms with Gasteiger partial charge >= 0.3 is 0 Å². The summed E-state index contributed by atoms with van der Waals surface area (Å²) in [6, 6.07) is 17.4. The van der Waals surface area contributed by atoms with Gasteiger partial charge in [0.2, 0.25) is 11.8 Å². The summed E-state index contributed by atoms with van der Waals surface area (Å²) in [4.78, 5) is 26.4. The zero-order valence-electron chi connectivity index (χ0n) is 19.2. The number of amides is 2. The van der Waals surface area contributed by atoms with Crippen molar-refractivity contribution in [3.05, 3.63) is 65.7 Å². The topological polar surface area (TPSA) is 78.9 Å². The third kappa shape index (κ3) is 5.68. The number of methoxy groups -OCH3 is 1. The second kappa shape index (κ2) is 10.6. The molecule has 0 bridgehead atoms. The molecule has 0 unspecified atom stereocenters. The Balaban J connectivity index is 1.76. The Labute approximate surface area is 190 Å². The van der Waals surface area contributed by atoms with Crippen LogP contribution < -0.4 is 10.1 Å². The van der Waals surface area contributed by atoms with Gasteiger partial charge in [0, 0.05) is 25.9 Å². The van der Waals surface area contributed by atoms with Crippen LogP contribution in [0.2, 0.25) is 0 Å². The van der Waals surface area contributed by atoms with E-state index >= 15 is 0 Å². The van der Waals surface area contributed by atoms with Gasteiger partial charge in [-0.3, -0.25) is 9.59 Å². The maximum absolute atomic E-state index is 13.0. The van der Waals surface area contributed by atoms with Gasteiger partial charge in [0.1, 0.15) is 5.75 Å². The number of aliphatic hydroxyl groups excluding tert-OH is 1. The minimum absolute atomic E-state index is 0.0311. The summed E-state index contributed by atoms with van der Waals surface area (Å²) >= 11 is 0. The predicted molar refractivity (Wildman–Crippen MR) is 125 cm³/mol. The zero-order chi connectivity index (χ0) is 23.1. The van der Waals surface area contributed by atoms with Gasteiger partial charge in [0.15, 0.2) is 0 Å². The van der Waals surface area contributed by atoms with Crippen LogP contribution in [0.5, 0.6) is 5.75 Å². The molecule has 1 aliphatic carbocycles. The first-order chi connectivity index (χ1) is 15.3. The summed E-state index contributed by atoms with van der Waals surface area (Å²) in [6.45, 7) is 2.05. The van der Waals surface area contributed by atoms with Crippen molar-refractivity contribution in [1.29, 1.82) is 0 Å². The van der Waals surface area contributed by atoms with Crippen LogP contribution in [-0.4, -0.2) is 54.7 Å². The molecule has 0 aliphatic heterocycles. The fourth-order valence-corrected chi connectivity index (χ4v) is 4.73. The Hall–Kier alpha value is -2.86. The van der Waals surface area contributed by atoms with E-state index in [9.17, 15) is 14.7 Å². The van der Waals surface area contributed by atoms with Crippen molar-refractivity contribution in [2.45, 2.75) is 56.6 Å². The second-order valence-corrected chi connectivity index (χ2v) is 8.80. The molecule has 2 aromatic rings. The van der Waals surface area contributed by atoms with Gasteiger partial charge < -0.3 is 20.1 Å². The van der Waals surface area contributed by atoms with Crippen LogP contribution in [0, 0.1) is 0 Å². The summed E-state index contributed by atoms with van der Waals surface area (Å²) in [5.41, 5.74) is 1.78. The first kappa shape index (κ1) is 23.8. The molecule has 1 saturated carbocycles. The van der Waals surface area contributed by atoms with Gasteiger partial charge in [0.05, 0.1) is 25.7 Å². The van der Waals surface area contributed by atoms with Gasteiger partial charge in [0.25, 0.3) is 0 Å². The van der Waals surface area contributed by atoms with Gasteiger partial charge in [-0.2, -0.15) is 0 Å². The van der Waals surface area contributed by atoms with E-state index in [4.69, 9.17) is 4.74 Å². The highest BCUT2D eigenvalue weighted by Gasteiger charge is 2.39.